The molecule has 1 heterocycles. The number of rotatable bonds is 7. The number of alkyl halides is 3. The summed E-state index contributed by atoms with van der Waals surface area (Å²) in [5.74, 6) is 0. The molecule has 12 aromatic carbocycles. The van der Waals surface area contributed by atoms with Crippen molar-refractivity contribution in [1.29, 1.82) is 0 Å². The topological polar surface area (TPSA) is 30.9 Å². The first-order valence-corrected chi connectivity index (χ1v) is 24.5. The van der Waals surface area contributed by atoms with E-state index in [-0.39, 0.29) is 0 Å². The number of aromatic nitrogens is 1. The van der Waals surface area contributed by atoms with Crippen LogP contribution in [0.15, 0.2) is 237 Å². The molecule has 348 valence electrons. The summed E-state index contributed by atoms with van der Waals surface area (Å²) in [5.41, 5.74) is 20.2. The molecule has 0 fully saturated rings. The Morgan fingerprint density at radius 1 is 0.397 bits per heavy atom. The Morgan fingerprint density at radius 2 is 0.918 bits per heavy atom. The molecule has 5 heteroatoms. The van der Waals surface area contributed by atoms with E-state index < -0.39 is 11.7 Å². The Labute approximate surface area is 420 Å². The summed E-state index contributed by atoms with van der Waals surface area (Å²) in [6.45, 7) is 2.18. The van der Waals surface area contributed by atoms with Gasteiger partial charge >= 0.3 is 6.18 Å². The first-order chi connectivity index (χ1) is 35.6. The molecule has 0 aliphatic carbocycles. The smallest absolute Gasteiger partial charge is 0.398 e. The van der Waals surface area contributed by atoms with E-state index >= 15 is 0 Å². The van der Waals surface area contributed by atoms with Gasteiger partial charge < -0.3 is 10.3 Å². The highest BCUT2D eigenvalue weighted by molar-refractivity contribution is 6.22. The summed E-state index contributed by atoms with van der Waals surface area (Å²) < 4.78 is 45.9. The van der Waals surface area contributed by atoms with Gasteiger partial charge in [0, 0.05) is 16.5 Å². The highest BCUT2D eigenvalue weighted by Crippen LogP contribution is 2.47. The third-order valence-corrected chi connectivity index (χ3v) is 14.7. The van der Waals surface area contributed by atoms with E-state index in [2.05, 4.69) is 175 Å². The van der Waals surface area contributed by atoms with E-state index in [1.807, 2.05) is 60.7 Å². The zero-order chi connectivity index (χ0) is 49.4. The largest absolute Gasteiger partial charge is 0.416 e. The second-order valence-corrected chi connectivity index (χ2v) is 19.0. The summed E-state index contributed by atoms with van der Waals surface area (Å²) in [7, 11) is 0. The number of fused-ring (bicyclic) bond motifs is 6. The molecule has 0 amide bonds. The Morgan fingerprint density at radius 3 is 1.66 bits per heavy atom. The molecular formula is C68H45F3N2. The van der Waals surface area contributed by atoms with Crippen molar-refractivity contribution >= 4 is 76.5 Å². The summed E-state index contributed by atoms with van der Waals surface area (Å²) in [5, 5.41) is 10.8. The average Bonchev–Trinajstić information content (AvgIpc) is 3.70. The maximum absolute atomic E-state index is 14.5. The van der Waals surface area contributed by atoms with Gasteiger partial charge in [-0.1, -0.05) is 182 Å². The molecule has 0 aliphatic rings. The van der Waals surface area contributed by atoms with E-state index in [1.54, 1.807) is 6.07 Å². The van der Waals surface area contributed by atoms with Crippen LogP contribution in [-0.2, 0) is 6.18 Å². The van der Waals surface area contributed by atoms with Crippen LogP contribution < -0.4 is 5.73 Å². The zero-order valence-electron chi connectivity index (χ0n) is 39.8. The van der Waals surface area contributed by atoms with Crippen LogP contribution in [-0.4, -0.2) is 4.57 Å². The van der Waals surface area contributed by atoms with Gasteiger partial charge in [0.1, 0.15) is 0 Å². The first-order valence-electron chi connectivity index (χ1n) is 24.5. The quantitative estimate of drug-likeness (QED) is 0.159. The number of aryl methyl sites for hydroxylation is 1. The van der Waals surface area contributed by atoms with E-state index in [9.17, 15) is 13.2 Å². The van der Waals surface area contributed by atoms with E-state index in [1.165, 1.54) is 12.1 Å². The Hall–Kier alpha value is -9.19. The van der Waals surface area contributed by atoms with Crippen LogP contribution in [0.2, 0.25) is 0 Å². The minimum atomic E-state index is -4.51. The number of hydrogen-bond acceptors (Lipinski definition) is 1. The lowest BCUT2D eigenvalue weighted by Crippen LogP contribution is -2.04. The molecule has 0 bridgehead atoms. The van der Waals surface area contributed by atoms with Gasteiger partial charge in [0.05, 0.1) is 22.5 Å². The lowest BCUT2D eigenvalue weighted by atomic mass is 9.84. The third kappa shape index (κ3) is 7.60. The predicted octanol–water partition coefficient (Wildman–Crippen LogP) is 18.8. The van der Waals surface area contributed by atoms with Crippen molar-refractivity contribution in [3.63, 3.8) is 0 Å². The highest BCUT2D eigenvalue weighted by Gasteiger charge is 2.31. The van der Waals surface area contributed by atoms with Gasteiger partial charge in [-0.25, -0.2) is 0 Å². The molecule has 0 aliphatic heterocycles. The van der Waals surface area contributed by atoms with Gasteiger partial charge in [-0.05, 0) is 172 Å². The van der Waals surface area contributed by atoms with Crippen LogP contribution >= 0.6 is 0 Å². The minimum absolute atomic E-state index is 0.563. The molecule has 73 heavy (non-hydrogen) atoms. The van der Waals surface area contributed by atoms with Gasteiger partial charge in [-0.3, -0.25) is 0 Å². The standard InChI is InChI=1S/C68H45F3N2/c1-42-60-39-51(31-34-64(60)73(63-24-12-18-45-16-7-8-21-56(45)63)65(42)41-62(72)52-20-11-19-47(36-52)43-13-3-2-4-14-43)49-26-27-50-38-53(30-28-48(50)35-49)66-57-22-9-10-23-58(57)67(54-29-25-44-15-5-6-17-46(44)37-54)61-40-55(68(69,70)71)32-33-59(61)66/h2-41H,72H2,1H3/b62-41-. The molecule has 0 atom stereocenters. The van der Waals surface area contributed by atoms with Crippen molar-refractivity contribution < 1.29 is 13.2 Å². The molecule has 0 radical (unpaired) electrons. The monoisotopic (exact) mass is 946 g/mol. The van der Waals surface area contributed by atoms with Crippen molar-refractivity contribution in [2.75, 3.05) is 0 Å². The molecule has 13 aromatic rings. The van der Waals surface area contributed by atoms with Crippen LogP contribution in [0.4, 0.5) is 13.2 Å². The predicted molar refractivity (Wildman–Crippen MR) is 301 cm³/mol. The second kappa shape index (κ2) is 17.3. The number of nitrogens with two attached hydrogens (primary N) is 1. The van der Waals surface area contributed by atoms with Gasteiger partial charge in [-0.2, -0.15) is 13.2 Å². The molecule has 0 saturated carbocycles. The number of benzene rings is 12. The zero-order valence-corrected chi connectivity index (χ0v) is 39.8. The van der Waals surface area contributed by atoms with Crippen LogP contribution in [0.3, 0.4) is 0 Å². The molecule has 0 unspecified atom stereocenters. The first kappa shape index (κ1) is 43.8. The minimum Gasteiger partial charge on any atom is -0.398 e. The van der Waals surface area contributed by atoms with Gasteiger partial charge in [0.25, 0.3) is 0 Å². The Bertz CT molecular complexity index is 4380. The molecule has 0 spiro atoms. The van der Waals surface area contributed by atoms with Crippen molar-refractivity contribution in [2.24, 2.45) is 5.73 Å². The average molecular weight is 947 g/mol. The normalized spacial score (nSPS) is 12.2. The molecular weight excluding hydrogens is 902 g/mol. The maximum atomic E-state index is 14.5. The molecule has 0 saturated heterocycles. The van der Waals surface area contributed by atoms with Crippen molar-refractivity contribution in [3.8, 4) is 50.2 Å². The van der Waals surface area contributed by atoms with Crippen molar-refractivity contribution in [2.45, 2.75) is 13.1 Å². The van der Waals surface area contributed by atoms with Crippen LogP contribution in [0.1, 0.15) is 22.4 Å². The fourth-order valence-corrected chi connectivity index (χ4v) is 11.1. The van der Waals surface area contributed by atoms with Crippen molar-refractivity contribution in [1.82, 2.24) is 4.57 Å². The molecule has 13 rings (SSSR count). The van der Waals surface area contributed by atoms with Crippen LogP contribution in [0.5, 0.6) is 0 Å². The maximum Gasteiger partial charge on any atom is 0.416 e. The van der Waals surface area contributed by atoms with Crippen LogP contribution in [0, 0.1) is 6.92 Å². The number of hydrogen-bond donors (Lipinski definition) is 1. The number of halogens is 3. The van der Waals surface area contributed by atoms with E-state index in [0.29, 0.717) is 11.1 Å². The van der Waals surface area contributed by atoms with Crippen LogP contribution in [0.25, 0.3) is 127 Å². The van der Waals surface area contributed by atoms with Gasteiger partial charge in [0.15, 0.2) is 0 Å². The summed E-state index contributed by atoms with van der Waals surface area (Å²) >= 11 is 0. The third-order valence-electron chi connectivity index (χ3n) is 14.7. The molecule has 2 nitrogen and oxygen atoms in total. The lowest BCUT2D eigenvalue weighted by molar-refractivity contribution is -0.137. The Kier molecular flexibility index (Phi) is 10.4. The van der Waals surface area contributed by atoms with Gasteiger partial charge in [-0.15, -0.1) is 0 Å². The fraction of sp³-hybridized carbons (Fsp3) is 0.0294. The molecule has 2 N–H and O–H groups in total. The Balaban J connectivity index is 0.934. The number of nitrogens with zero attached hydrogens (tertiary/aromatic N) is 1. The summed E-state index contributed by atoms with van der Waals surface area (Å²) in [6, 6.07) is 79.9. The van der Waals surface area contributed by atoms with E-state index in [4.69, 9.17) is 5.73 Å². The molecule has 1 aromatic heterocycles. The second-order valence-electron chi connectivity index (χ2n) is 19.0. The van der Waals surface area contributed by atoms with E-state index in [0.717, 1.165) is 126 Å². The highest BCUT2D eigenvalue weighted by atomic mass is 19.4. The SMILES string of the molecule is Cc1c(/C=C(\N)c2cccc(-c3ccccc3)c2)n(-c2cccc3ccccc23)c2ccc(-c3ccc4cc(-c5c6ccccc6c(-c6ccc7ccccc7c6)c6cc(C(F)(F)F)ccc56)ccc4c3)cc12. The fourth-order valence-electron chi connectivity index (χ4n) is 11.1. The lowest BCUT2D eigenvalue weighted by Gasteiger charge is -2.19. The summed E-state index contributed by atoms with van der Waals surface area (Å²) in [6.07, 6.45) is -2.39. The van der Waals surface area contributed by atoms with Gasteiger partial charge in [0.2, 0.25) is 0 Å². The van der Waals surface area contributed by atoms with Crippen molar-refractivity contribution in [3.05, 3.63) is 259 Å². The summed E-state index contributed by atoms with van der Waals surface area (Å²) in [4.78, 5) is 0.